The van der Waals surface area contributed by atoms with E-state index in [0.717, 1.165) is 39.0 Å². The van der Waals surface area contributed by atoms with E-state index in [9.17, 15) is 4.79 Å². The monoisotopic (exact) mass is 287 g/mol. The Balaban J connectivity index is 4.02. The highest BCUT2D eigenvalue weighted by atomic mass is 16.5. The van der Waals surface area contributed by atoms with E-state index in [2.05, 4.69) is 36.3 Å². The number of hydrogen-bond acceptors (Lipinski definition) is 5. The molecule has 0 rings (SSSR count). The van der Waals surface area contributed by atoms with Crippen LogP contribution in [0.2, 0.25) is 0 Å². The fraction of sp³-hybridized carbons (Fsp3) is 0.933. The number of nitrogens with zero attached hydrogens (tertiary/aromatic N) is 2. The first-order valence-corrected chi connectivity index (χ1v) is 7.52. The minimum Gasteiger partial charge on any atom is -0.468 e. The molecule has 0 aliphatic carbocycles. The van der Waals surface area contributed by atoms with Crippen molar-refractivity contribution in [2.75, 3.05) is 54.4 Å². The fourth-order valence-electron chi connectivity index (χ4n) is 2.35. The number of esters is 1. The van der Waals surface area contributed by atoms with Crippen LogP contribution in [0.4, 0.5) is 0 Å². The number of carbonyl (C=O) groups is 1. The van der Waals surface area contributed by atoms with Gasteiger partial charge in [0.2, 0.25) is 0 Å². The molecule has 0 saturated carbocycles. The van der Waals surface area contributed by atoms with Gasteiger partial charge in [-0.25, -0.2) is 0 Å². The summed E-state index contributed by atoms with van der Waals surface area (Å²) in [5, 5.41) is 3.24. The predicted molar refractivity (Wildman–Crippen MR) is 84.0 cm³/mol. The molecule has 0 spiro atoms. The normalized spacial score (nSPS) is 14.6. The Kier molecular flexibility index (Phi) is 9.80. The van der Waals surface area contributed by atoms with Crippen molar-refractivity contribution >= 4 is 5.97 Å². The predicted octanol–water partition coefficient (Wildman–Crippen LogP) is 1.19. The van der Waals surface area contributed by atoms with Gasteiger partial charge in [0, 0.05) is 0 Å². The molecule has 0 fully saturated rings. The number of rotatable bonds is 11. The molecule has 1 N–H and O–H groups in total. The van der Waals surface area contributed by atoms with Crippen LogP contribution < -0.4 is 5.32 Å². The van der Waals surface area contributed by atoms with Crippen LogP contribution in [0.15, 0.2) is 0 Å². The van der Waals surface area contributed by atoms with Gasteiger partial charge in [-0.1, -0.05) is 6.92 Å². The quantitative estimate of drug-likeness (QED) is 0.578. The number of carbonyl (C=O) groups excluding carboxylic acids is 1. The maximum absolute atomic E-state index is 11.8. The second-order valence-electron chi connectivity index (χ2n) is 5.92. The topological polar surface area (TPSA) is 44.8 Å². The zero-order chi connectivity index (χ0) is 15.6. The van der Waals surface area contributed by atoms with E-state index < -0.39 is 5.54 Å². The number of hydrogen-bond donors (Lipinski definition) is 1. The minimum atomic E-state index is -0.562. The first-order valence-electron chi connectivity index (χ1n) is 7.52. The van der Waals surface area contributed by atoms with Crippen LogP contribution >= 0.6 is 0 Å². The highest BCUT2D eigenvalue weighted by molar-refractivity contribution is 5.80. The Morgan fingerprint density at radius 1 is 1.15 bits per heavy atom. The third kappa shape index (κ3) is 7.82. The summed E-state index contributed by atoms with van der Waals surface area (Å²) in [6.07, 6.45) is 2.95. The lowest BCUT2D eigenvalue weighted by molar-refractivity contribution is -0.148. The largest absolute Gasteiger partial charge is 0.468 e. The molecule has 0 saturated heterocycles. The molecule has 5 nitrogen and oxygen atoms in total. The molecule has 0 aromatic carbocycles. The summed E-state index contributed by atoms with van der Waals surface area (Å²) in [5.41, 5.74) is -0.562. The maximum atomic E-state index is 11.8. The zero-order valence-corrected chi connectivity index (χ0v) is 14.2. The number of nitrogens with one attached hydrogen (secondary N) is 1. The van der Waals surface area contributed by atoms with Gasteiger partial charge in [-0.15, -0.1) is 0 Å². The first-order chi connectivity index (χ1) is 9.35. The summed E-state index contributed by atoms with van der Waals surface area (Å²) in [6.45, 7) is 7.91. The molecule has 0 amide bonds. The van der Waals surface area contributed by atoms with Crippen LogP contribution in [0.1, 0.15) is 33.1 Å². The van der Waals surface area contributed by atoms with E-state index in [1.165, 1.54) is 13.5 Å². The van der Waals surface area contributed by atoms with Crippen LogP contribution in [0.5, 0.6) is 0 Å². The van der Waals surface area contributed by atoms with E-state index in [4.69, 9.17) is 4.74 Å². The zero-order valence-electron chi connectivity index (χ0n) is 14.2. The lowest BCUT2D eigenvalue weighted by atomic mass is 9.95. The Morgan fingerprint density at radius 2 is 1.75 bits per heavy atom. The summed E-state index contributed by atoms with van der Waals surface area (Å²) in [4.78, 5) is 16.4. The number of methoxy groups -OCH3 is 1. The Hall–Kier alpha value is -0.650. The fourth-order valence-corrected chi connectivity index (χ4v) is 2.35. The van der Waals surface area contributed by atoms with E-state index >= 15 is 0 Å². The van der Waals surface area contributed by atoms with Gasteiger partial charge in [0.15, 0.2) is 0 Å². The summed E-state index contributed by atoms with van der Waals surface area (Å²) in [7, 11) is 7.78. The molecule has 0 bridgehead atoms. The molecular weight excluding hydrogens is 254 g/mol. The Bertz CT molecular complexity index is 272. The molecule has 1 atom stereocenters. The number of likely N-dealkylation sites (N-methyl/N-ethyl adjacent to an activating group) is 1. The highest BCUT2D eigenvalue weighted by Gasteiger charge is 2.32. The van der Waals surface area contributed by atoms with E-state index in [1.54, 1.807) is 0 Å². The van der Waals surface area contributed by atoms with Crippen LogP contribution in [0.25, 0.3) is 0 Å². The summed E-state index contributed by atoms with van der Waals surface area (Å²) >= 11 is 0. The van der Waals surface area contributed by atoms with Gasteiger partial charge in [0.05, 0.1) is 7.11 Å². The van der Waals surface area contributed by atoms with Crippen molar-refractivity contribution in [2.24, 2.45) is 0 Å². The van der Waals surface area contributed by atoms with Crippen LogP contribution in [0, 0.1) is 0 Å². The van der Waals surface area contributed by atoms with Crippen molar-refractivity contribution in [3.8, 4) is 0 Å². The van der Waals surface area contributed by atoms with Crippen molar-refractivity contribution in [3.05, 3.63) is 0 Å². The first kappa shape index (κ1) is 19.4. The Morgan fingerprint density at radius 3 is 2.25 bits per heavy atom. The Labute approximate surface area is 124 Å². The summed E-state index contributed by atoms with van der Waals surface area (Å²) in [5.74, 6) is -0.172. The standard InChI is InChI=1S/C15H33N3O2/c1-7-16-15(2,14(19)20-6)10-8-12-18(5)13-9-11-17(3)4/h16H,7-13H2,1-6H3. The molecule has 0 aliphatic heterocycles. The minimum absolute atomic E-state index is 0.172. The van der Waals surface area contributed by atoms with Crippen LogP contribution in [0.3, 0.4) is 0 Å². The molecule has 0 aromatic rings. The molecular formula is C15H33N3O2. The second-order valence-corrected chi connectivity index (χ2v) is 5.92. The van der Waals surface area contributed by atoms with Gasteiger partial charge < -0.3 is 19.9 Å². The molecule has 0 heterocycles. The van der Waals surface area contributed by atoms with Gasteiger partial charge in [0.1, 0.15) is 5.54 Å². The SMILES string of the molecule is CCNC(C)(CCCN(C)CCCN(C)C)C(=O)OC. The smallest absolute Gasteiger partial charge is 0.325 e. The van der Waals surface area contributed by atoms with Crippen LogP contribution in [-0.2, 0) is 9.53 Å². The van der Waals surface area contributed by atoms with E-state index in [-0.39, 0.29) is 5.97 Å². The van der Waals surface area contributed by atoms with Crippen molar-refractivity contribution in [2.45, 2.75) is 38.6 Å². The van der Waals surface area contributed by atoms with E-state index in [1.807, 2.05) is 13.8 Å². The van der Waals surface area contributed by atoms with Gasteiger partial charge in [-0.05, 0) is 73.5 Å². The summed E-state index contributed by atoms with van der Waals surface area (Å²) < 4.78 is 4.90. The molecule has 20 heavy (non-hydrogen) atoms. The van der Waals surface area contributed by atoms with Crippen molar-refractivity contribution in [1.82, 2.24) is 15.1 Å². The molecule has 0 aromatic heterocycles. The molecule has 120 valence electrons. The van der Waals surface area contributed by atoms with Crippen LogP contribution in [-0.4, -0.2) is 75.7 Å². The molecule has 0 aliphatic rings. The van der Waals surface area contributed by atoms with E-state index in [0.29, 0.717) is 0 Å². The third-order valence-corrected chi connectivity index (χ3v) is 3.56. The molecule has 0 radical (unpaired) electrons. The van der Waals surface area contributed by atoms with Gasteiger partial charge in [0.25, 0.3) is 0 Å². The van der Waals surface area contributed by atoms with Crippen molar-refractivity contribution in [3.63, 3.8) is 0 Å². The lowest BCUT2D eigenvalue weighted by Crippen LogP contribution is -2.50. The maximum Gasteiger partial charge on any atom is 0.325 e. The lowest BCUT2D eigenvalue weighted by Gasteiger charge is -2.28. The molecule has 5 heteroatoms. The van der Waals surface area contributed by atoms with Gasteiger partial charge in [-0.3, -0.25) is 4.79 Å². The third-order valence-electron chi connectivity index (χ3n) is 3.56. The van der Waals surface area contributed by atoms with Gasteiger partial charge >= 0.3 is 5.97 Å². The average Bonchev–Trinajstić information content (AvgIpc) is 2.37. The highest BCUT2D eigenvalue weighted by Crippen LogP contribution is 2.14. The van der Waals surface area contributed by atoms with Gasteiger partial charge in [-0.2, -0.15) is 0 Å². The van der Waals surface area contributed by atoms with Crippen molar-refractivity contribution < 1.29 is 9.53 Å². The average molecular weight is 287 g/mol. The second kappa shape index (κ2) is 10.1. The summed E-state index contributed by atoms with van der Waals surface area (Å²) in [6, 6.07) is 0. The van der Waals surface area contributed by atoms with Crippen molar-refractivity contribution in [1.29, 1.82) is 0 Å². The molecule has 1 unspecified atom stereocenters. The number of ether oxygens (including phenoxy) is 1.